The van der Waals surface area contributed by atoms with Gasteiger partial charge < -0.3 is 15.8 Å². The van der Waals surface area contributed by atoms with Gasteiger partial charge in [0.15, 0.2) is 0 Å². The molecule has 16 heavy (non-hydrogen) atoms. The Kier molecular flexibility index (Phi) is 5.60. The zero-order chi connectivity index (χ0) is 12.0. The fourth-order valence-electron chi connectivity index (χ4n) is 2.51. The van der Waals surface area contributed by atoms with Crippen molar-refractivity contribution in [3.8, 4) is 0 Å². The van der Waals surface area contributed by atoms with Crippen LogP contribution in [0.4, 0.5) is 0 Å². The quantitative estimate of drug-likeness (QED) is 0.254. The van der Waals surface area contributed by atoms with Crippen LogP contribution in [0.25, 0.3) is 0 Å². The smallest absolute Gasteiger partial charge is 0.140 e. The van der Waals surface area contributed by atoms with Crippen LogP contribution in [0.2, 0.25) is 0 Å². The number of rotatable bonds is 4. The first kappa shape index (κ1) is 13.3. The van der Waals surface area contributed by atoms with Gasteiger partial charge >= 0.3 is 0 Å². The molecule has 1 fully saturated rings. The van der Waals surface area contributed by atoms with Gasteiger partial charge in [-0.1, -0.05) is 30.8 Å². The number of oxime groups is 1. The summed E-state index contributed by atoms with van der Waals surface area (Å²) in [7, 11) is 2.16. The van der Waals surface area contributed by atoms with Crippen LogP contribution < -0.4 is 5.73 Å². The van der Waals surface area contributed by atoms with Gasteiger partial charge in [-0.2, -0.15) is 0 Å². The lowest BCUT2D eigenvalue weighted by Crippen LogP contribution is -2.40. The maximum Gasteiger partial charge on any atom is 0.140 e. The summed E-state index contributed by atoms with van der Waals surface area (Å²) in [6, 6.07) is 1.02. The van der Waals surface area contributed by atoms with E-state index in [1.165, 1.54) is 38.5 Å². The van der Waals surface area contributed by atoms with Crippen LogP contribution in [0.1, 0.15) is 51.9 Å². The standard InChI is InChI=1S/C12H25N3O/c1-10(9-12(13)14-16)15(2)11-7-5-3-4-6-8-11/h10-11,16H,3-9H2,1-2H3,(H2,13,14). The van der Waals surface area contributed by atoms with E-state index in [0.29, 0.717) is 24.3 Å². The Balaban J connectivity index is 2.44. The van der Waals surface area contributed by atoms with Crippen molar-refractivity contribution in [2.45, 2.75) is 64.0 Å². The molecule has 4 nitrogen and oxygen atoms in total. The third-order valence-electron chi connectivity index (χ3n) is 3.73. The third kappa shape index (κ3) is 4.00. The minimum Gasteiger partial charge on any atom is -0.409 e. The largest absolute Gasteiger partial charge is 0.409 e. The minimum absolute atomic E-state index is 0.327. The molecule has 0 aromatic rings. The molecule has 1 aliphatic rings. The van der Waals surface area contributed by atoms with Crippen molar-refractivity contribution in [2.75, 3.05) is 7.05 Å². The average Bonchev–Trinajstić information content (AvgIpc) is 2.56. The van der Waals surface area contributed by atoms with Crippen LogP contribution in [0, 0.1) is 0 Å². The Labute approximate surface area is 98.5 Å². The van der Waals surface area contributed by atoms with Gasteiger partial charge in [0.05, 0.1) is 0 Å². The van der Waals surface area contributed by atoms with Crippen molar-refractivity contribution in [3.63, 3.8) is 0 Å². The second-order valence-electron chi connectivity index (χ2n) is 4.96. The Hall–Kier alpha value is -0.770. The Bertz CT molecular complexity index is 222. The summed E-state index contributed by atoms with van der Waals surface area (Å²) < 4.78 is 0. The van der Waals surface area contributed by atoms with E-state index in [0.717, 1.165) is 0 Å². The van der Waals surface area contributed by atoms with E-state index in [1.807, 2.05) is 0 Å². The predicted octanol–water partition coefficient (Wildman–Crippen LogP) is 2.17. The molecule has 1 rings (SSSR count). The SMILES string of the molecule is CC(CC(N)=NO)N(C)C1CCCCCC1. The van der Waals surface area contributed by atoms with E-state index in [4.69, 9.17) is 10.9 Å². The fraction of sp³-hybridized carbons (Fsp3) is 0.917. The topological polar surface area (TPSA) is 61.9 Å². The summed E-state index contributed by atoms with van der Waals surface area (Å²) in [5.74, 6) is 0.327. The zero-order valence-electron chi connectivity index (χ0n) is 10.5. The summed E-state index contributed by atoms with van der Waals surface area (Å²) in [5.41, 5.74) is 5.55. The molecule has 1 saturated carbocycles. The normalized spacial score (nSPS) is 22.1. The highest BCUT2D eigenvalue weighted by atomic mass is 16.4. The van der Waals surface area contributed by atoms with E-state index >= 15 is 0 Å². The maximum absolute atomic E-state index is 8.57. The molecular weight excluding hydrogens is 202 g/mol. The van der Waals surface area contributed by atoms with Crippen molar-refractivity contribution >= 4 is 5.84 Å². The molecule has 0 bridgehead atoms. The zero-order valence-corrected chi connectivity index (χ0v) is 10.5. The molecule has 94 valence electrons. The molecule has 0 aliphatic heterocycles. The van der Waals surface area contributed by atoms with Crippen molar-refractivity contribution in [2.24, 2.45) is 10.9 Å². The number of hydrogen-bond donors (Lipinski definition) is 2. The van der Waals surface area contributed by atoms with Gasteiger partial charge in [-0.25, -0.2) is 0 Å². The third-order valence-corrected chi connectivity index (χ3v) is 3.73. The number of nitrogens with zero attached hydrogens (tertiary/aromatic N) is 2. The predicted molar refractivity (Wildman–Crippen MR) is 66.7 cm³/mol. The highest BCUT2D eigenvalue weighted by molar-refractivity contribution is 5.80. The van der Waals surface area contributed by atoms with Crippen LogP contribution >= 0.6 is 0 Å². The lowest BCUT2D eigenvalue weighted by atomic mass is 10.0. The molecule has 0 heterocycles. The summed E-state index contributed by atoms with van der Waals surface area (Å²) in [6.07, 6.45) is 8.64. The first-order chi connectivity index (χ1) is 7.65. The van der Waals surface area contributed by atoms with Crippen molar-refractivity contribution in [3.05, 3.63) is 0 Å². The highest BCUT2D eigenvalue weighted by Crippen LogP contribution is 2.22. The molecule has 0 amide bonds. The number of hydrogen-bond acceptors (Lipinski definition) is 3. The van der Waals surface area contributed by atoms with Crippen LogP contribution in [-0.2, 0) is 0 Å². The van der Waals surface area contributed by atoms with Gasteiger partial charge in [-0.3, -0.25) is 0 Å². The van der Waals surface area contributed by atoms with Gasteiger partial charge in [0.25, 0.3) is 0 Å². The second-order valence-corrected chi connectivity index (χ2v) is 4.96. The molecule has 0 aromatic carbocycles. The molecule has 3 N–H and O–H groups in total. The summed E-state index contributed by atoms with van der Waals surface area (Å²) >= 11 is 0. The van der Waals surface area contributed by atoms with Crippen molar-refractivity contribution in [1.82, 2.24) is 4.90 Å². The van der Waals surface area contributed by atoms with E-state index in [2.05, 4.69) is 24.0 Å². The van der Waals surface area contributed by atoms with Crippen LogP contribution in [0.3, 0.4) is 0 Å². The van der Waals surface area contributed by atoms with E-state index in [-0.39, 0.29) is 0 Å². The second kappa shape index (κ2) is 6.74. The van der Waals surface area contributed by atoms with Crippen LogP contribution in [0.5, 0.6) is 0 Å². The molecule has 0 aromatic heterocycles. The maximum atomic E-state index is 8.57. The minimum atomic E-state index is 0.327. The lowest BCUT2D eigenvalue weighted by Gasteiger charge is -2.32. The Morgan fingerprint density at radius 2 is 1.94 bits per heavy atom. The summed E-state index contributed by atoms with van der Waals surface area (Å²) in [6.45, 7) is 2.14. The first-order valence-electron chi connectivity index (χ1n) is 6.33. The first-order valence-corrected chi connectivity index (χ1v) is 6.33. The molecule has 0 saturated heterocycles. The van der Waals surface area contributed by atoms with Gasteiger partial charge in [-0.15, -0.1) is 0 Å². The monoisotopic (exact) mass is 227 g/mol. The average molecular weight is 227 g/mol. The fourth-order valence-corrected chi connectivity index (χ4v) is 2.51. The van der Waals surface area contributed by atoms with Gasteiger partial charge in [-0.05, 0) is 26.8 Å². The molecule has 4 heteroatoms. The molecule has 1 unspecified atom stereocenters. The van der Waals surface area contributed by atoms with Crippen LogP contribution in [-0.4, -0.2) is 35.1 Å². The lowest BCUT2D eigenvalue weighted by molar-refractivity contribution is 0.170. The summed E-state index contributed by atoms with van der Waals surface area (Å²) in [4.78, 5) is 2.39. The number of nitrogens with two attached hydrogens (primary N) is 1. The number of amidine groups is 1. The molecular formula is C12H25N3O. The van der Waals surface area contributed by atoms with Crippen molar-refractivity contribution in [1.29, 1.82) is 0 Å². The molecule has 1 atom stereocenters. The Morgan fingerprint density at radius 1 is 1.38 bits per heavy atom. The van der Waals surface area contributed by atoms with E-state index in [1.54, 1.807) is 0 Å². The highest BCUT2D eigenvalue weighted by Gasteiger charge is 2.21. The van der Waals surface area contributed by atoms with E-state index < -0.39 is 0 Å². The van der Waals surface area contributed by atoms with Gasteiger partial charge in [0, 0.05) is 18.5 Å². The summed E-state index contributed by atoms with van der Waals surface area (Å²) in [5, 5.41) is 11.6. The van der Waals surface area contributed by atoms with E-state index in [9.17, 15) is 0 Å². The van der Waals surface area contributed by atoms with Gasteiger partial charge in [0.1, 0.15) is 5.84 Å². The Morgan fingerprint density at radius 3 is 2.44 bits per heavy atom. The van der Waals surface area contributed by atoms with Crippen molar-refractivity contribution < 1.29 is 5.21 Å². The van der Waals surface area contributed by atoms with Crippen LogP contribution in [0.15, 0.2) is 5.16 Å². The van der Waals surface area contributed by atoms with Gasteiger partial charge in [0.2, 0.25) is 0 Å². The molecule has 0 spiro atoms. The molecule has 1 aliphatic carbocycles. The molecule has 0 radical (unpaired) electrons.